The number of ether oxygens (including phenoxy) is 2. The maximum absolute atomic E-state index is 12.6. The van der Waals surface area contributed by atoms with Crippen LogP contribution in [0.2, 0.25) is 0 Å². The number of hydrogen-bond acceptors (Lipinski definition) is 5. The van der Waals surface area contributed by atoms with Crippen molar-refractivity contribution in [1.82, 2.24) is 0 Å². The molecule has 6 nitrogen and oxygen atoms in total. The van der Waals surface area contributed by atoms with Crippen LogP contribution in [0.4, 0.5) is 5.69 Å². The Balaban J connectivity index is 0.00000280. The normalized spacial score (nSPS) is 16.3. The molecule has 8 heteroatoms. The van der Waals surface area contributed by atoms with Crippen LogP contribution in [0.1, 0.15) is 22.3 Å². The van der Waals surface area contributed by atoms with Gasteiger partial charge in [-0.2, -0.15) is 13.5 Å². The van der Waals surface area contributed by atoms with Crippen LogP contribution >= 0.6 is 13.5 Å². The Morgan fingerprint density at radius 2 is 2.04 bits per heavy atom. The topological polar surface area (TPSA) is 81.7 Å². The van der Waals surface area contributed by atoms with Gasteiger partial charge in [0.15, 0.2) is 9.84 Å². The molecule has 1 amide bonds. The van der Waals surface area contributed by atoms with Crippen LogP contribution in [-0.2, 0) is 14.6 Å². The molecule has 1 N–H and O–H groups in total. The number of amides is 1. The molecule has 0 unspecified atom stereocenters. The number of rotatable bonds is 6. The van der Waals surface area contributed by atoms with E-state index in [1.807, 2.05) is 6.92 Å². The molecule has 3 rings (SSSR count). The summed E-state index contributed by atoms with van der Waals surface area (Å²) in [5.74, 6) is 0.419. The quantitative estimate of drug-likeness (QED) is 0.772. The van der Waals surface area contributed by atoms with Crippen LogP contribution < -0.4 is 10.1 Å². The zero-order chi connectivity index (χ0) is 19.4. The number of hydrogen-bond donors (Lipinski definition) is 1. The Kier molecular flexibility index (Phi) is 7.51. The second-order valence-electron chi connectivity index (χ2n) is 6.68. The van der Waals surface area contributed by atoms with Gasteiger partial charge in [-0.15, -0.1) is 0 Å². The number of methoxy groups -OCH3 is 1. The second-order valence-corrected chi connectivity index (χ2v) is 8.71. The molecule has 0 aliphatic carbocycles. The molecule has 1 saturated heterocycles. The molecular formula is C20H25NO5S2. The van der Waals surface area contributed by atoms with Gasteiger partial charge in [0.25, 0.3) is 5.91 Å². The molecule has 28 heavy (non-hydrogen) atoms. The lowest BCUT2D eigenvalue weighted by Crippen LogP contribution is -2.18. The molecule has 2 aromatic rings. The van der Waals surface area contributed by atoms with Crippen molar-refractivity contribution in [2.24, 2.45) is 5.92 Å². The van der Waals surface area contributed by atoms with Gasteiger partial charge in [0.2, 0.25) is 0 Å². The zero-order valence-corrected chi connectivity index (χ0v) is 17.7. The summed E-state index contributed by atoms with van der Waals surface area (Å²) in [4.78, 5) is 12.7. The molecule has 0 radical (unpaired) electrons. The minimum atomic E-state index is -3.46. The fourth-order valence-electron chi connectivity index (χ4n) is 3.11. The van der Waals surface area contributed by atoms with E-state index in [0.717, 1.165) is 17.7 Å². The summed E-state index contributed by atoms with van der Waals surface area (Å²) in [6, 6.07) is 11.5. The molecule has 1 atom stereocenters. The van der Waals surface area contributed by atoms with Gasteiger partial charge in [-0.05, 0) is 61.2 Å². The predicted molar refractivity (Wildman–Crippen MR) is 113 cm³/mol. The largest absolute Gasteiger partial charge is 0.496 e. The van der Waals surface area contributed by atoms with Crippen LogP contribution in [0.3, 0.4) is 0 Å². The summed E-state index contributed by atoms with van der Waals surface area (Å²) >= 11 is 0. The van der Waals surface area contributed by atoms with Crippen molar-refractivity contribution in [3.05, 3.63) is 53.6 Å². The summed E-state index contributed by atoms with van der Waals surface area (Å²) in [7, 11) is -1.88. The van der Waals surface area contributed by atoms with E-state index in [-0.39, 0.29) is 36.0 Å². The Labute approximate surface area is 172 Å². The van der Waals surface area contributed by atoms with Crippen LogP contribution in [0, 0.1) is 12.8 Å². The maximum Gasteiger partial charge on any atom is 0.255 e. The van der Waals surface area contributed by atoms with Gasteiger partial charge in [-0.1, -0.05) is 6.07 Å². The SMILES string of the molecule is COc1ccc(NC(=O)c2cccc(S(=O)(=O)C[C@H]3CCOC3)c2)cc1C.S. The first-order valence-corrected chi connectivity index (χ1v) is 10.4. The van der Waals surface area contributed by atoms with Crippen molar-refractivity contribution in [3.8, 4) is 5.75 Å². The van der Waals surface area contributed by atoms with Gasteiger partial charge in [0.1, 0.15) is 5.75 Å². The molecule has 1 aliphatic heterocycles. The van der Waals surface area contributed by atoms with Gasteiger partial charge in [0.05, 0.1) is 24.4 Å². The molecule has 1 fully saturated rings. The highest BCUT2D eigenvalue weighted by atomic mass is 32.2. The van der Waals surface area contributed by atoms with Crippen LogP contribution in [0.15, 0.2) is 47.4 Å². The first kappa shape index (κ1) is 22.3. The van der Waals surface area contributed by atoms with Crippen molar-refractivity contribution in [3.63, 3.8) is 0 Å². The molecule has 0 saturated carbocycles. The lowest BCUT2D eigenvalue weighted by molar-refractivity contribution is 0.102. The Hall–Kier alpha value is -2.03. The lowest BCUT2D eigenvalue weighted by atomic mass is 10.1. The van der Waals surface area contributed by atoms with E-state index in [1.54, 1.807) is 37.4 Å². The Bertz CT molecular complexity index is 937. The number of sulfone groups is 1. The highest BCUT2D eigenvalue weighted by Crippen LogP contribution is 2.23. The molecule has 0 spiro atoms. The van der Waals surface area contributed by atoms with Gasteiger partial charge >= 0.3 is 0 Å². The van der Waals surface area contributed by atoms with Crippen LogP contribution in [-0.4, -0.2) is 40.4 Å². The van der Waals surface area contributed by atoms with E-state index in [1.165, 1.54) is 12.1 Å². The second kappa shape index (κ2) is 9.45. The standard InChI is InChI=1S/C20H23NO5S.H2S/c1-14-10-17(6-7-19(14)25-2)21-20(22)16-4-3-5-18(11-16)27(23,24)13-15-8-9-26-12-15;/h3-7,10-11,15H,8-9,12-13H2,1-2H3,(H,21,22);1H2/t15-;/m0./s1. The lowest BCUT2D eigenvalue weighted by Gasteiger charge is -2.11. The molecule has 0 bridgehead atoms. The van der Waals surface area contributed by atoms with E-state index >= 15 is 0 Å². The van der Waals surface area contributed by atoms with Gasteiger partial charge in [-0.25, -0.2) is 8.42 Å². The zero-order valence-electron chi connectivity index (χ0n) is 15.9. The van der Waals surface area contributed by atoms with Gasteiger partial charge < -0.3 is 14.8 Å². The first-order chi connectivity index (χ1) is 12.9. The van der Waals surface area contributed by atoms with E-state index in [9.17, 15) is 13.2 Å². The molecule has 2 aromatic carbocycles. The van der Waals surface area contributed by atoms with E-state index in [0.29, 0.717) is 24.5 Å². The highest BCUT2D eigenvalue weighted by molar-refractivity contribution is 7.91. The third-order valence-electron chi connectivity index (χ3n) is 4.59. The molecule has 152 valence electrons. The Morgan fingerprint density at radius 3 is 2.68 bits per heavy atom. The average molecular weight is 424 g/mol. The van der Waals surface area contributed by atoms with E-state index in [2.05, 4.69) is 5.32 Å². The summed E-state index contributed by atoms with van der Waals surface area (Å²) in [6.45, 7) is 2.95. The minimum Gasteiger partial charge on any atom is -0.496 e. The van der Waals surface area contributed by atoms with Crippen molar-refractivity contribution in [1.29, 1.82) is 0 Å². The summed E-state index contributed by atoms with van der Waals surface area (Å²) < 4.78 is 35.7. The minimum absolute atomic E-state index is 0. The van der Waals surface area contributed by atoms with Crippen molar-refractivity contribution in [2.75, 3.05) is 31.4 Å². The molecule has 0 aromatic heterocycles. The van der Waals surface area contributed by atoms with Crippen LogP contribution in [0.25, 0.3) is 0 Å². The fraction of sp³-hybridized carbons (Fsp3) is 0.350. The van der Waals surface area contributed by atoms with Gasteiger partial charge in [0, 0.05) is 17.9 Å². The third kappa shape index (κ3) is 5.27. The molecule has 1 heterocycles. The van der Waals surface area contributed by atoms with Crippen molar-refractivity contribution < 1.29 is 22.7 Å². The number of aryl methyl sites for hydroxylation is 1. The number of carbonyl (C=O) groups excluding carboxylic acids is 1. The van der Waals surface area contributed by atoms with Gasteiger partial charge in [-0.3, -0.25) is 4.79 Å². The smallest absolute Gasteiger partial charge is 0.255 e. The van der Waals surface area contributed by atoms with E-state index in [4.69, 9.17) is 9.47 Å². The number of carbonyl (C=O) groups is 1. The molecular weight excluding hydrogens is 398 g/mol. The van der Waals surface area contributed by atoms with Crippen molar-refractivity contribution in [2.45, 2.75) is 18.2 Å². The highest BCUT2D eigenvalue weighted by Gasteiger charge is 2.25. The number of nitrogens with one attached hydrogen (secondary N) is 1. The first-order valence-electron chi connectivity index (χ1n) is 8.75. The summed E-state index contributed by atoms with van der Waals surface area (Å²) in [5.41, 5.74) is 1.81. The predicted octanol–water partition coefficient (Wildman–Crippen LogP) is 3.18. The summed E-state index contributed by atoms with van der Waals surface area (Å²) in [6.07, 6.45) is 0.746. The average Bonchev–Trinajstić information content (AvgIpc) is 3.14. The number of benzene rings is 2. The third-order valence-corrected chi connectivity index (χ3v) is 6.47. The van der Waals surface area contributed by atoms with E-state index < -0.39 is 9.84 Å². The molecule has 1 aliphatic rings. The van der Waals surface area contributed by atoms with Crippen molar-refractivity contribution >= 4 is 34.9 Å². The monoisotopic (exact) mass is 423 g/mol. The number of anilines is 1. The fourth-order valence-corrected chi connectivity index (χ4v) is 4.78. The van der Waals surface area contributed by atoms with Crippen LogP contribution in [0.5, 0.6) is 5.75 Å². The Morgan fingerprint density at radius 1 is 1.25 bits per heavy atom. The summed E-state index contributed by atoms with van der Waals surface area (Å²) in [5, 5.41) is 2.79. The maximum atomic E-state index is 12.6.